The summed E-state index contributed by atoms with van der Waals surface area (Å²) in [7, 11) is 0. The first kappa shape index (κ1) is 11.0. The molecule has 0 fully saturated rings. The number of H-pyrrole nitrogens is 1. The zero-order chi connectivity index (χ0) is 12.5. The highest BCUT2D eigenvalue weighted by molar-refractivity contribution is 5.79. The largest absolute Gasteiger partial charge is 0.346 e. The summed E-state index contributed by atoms with van der Waals surface area (Å²) in [6.07, 6.45) is 4.84. The summed E-state index contributed by atoms with van der Waals surface area (Å²) in [4.78, 5) is 7.55. The number of nitrogens with one attached hydrogen (secondary N) is 1. The second-order valence-electron chi connectivity index (χ2n) is 4.89. The molecule has 0 saturated carbocycles. The van der Waals surface area contributed by atoms with Gasteiger partial charge in [-0.15, -0.1) is 0 Å². The molecule has 1 N–H and O–H groups in total. The predicted octanol–water partition coefficient (Wildman–Crippen LogP) is 3.77. The lowest BCUT2D eigenvalue weighted by atomic mass is 10.0. The molecule has 2 nitrogen and oxygen atoms in total. The summed E-state index contributed by atoms with van der Waals surface area (Å²) in [5, 5.41) is 1.22. The molecule has 0 radical (unpaired) electrons. The second-order valence-corrected chi connectivity index (χ2v) is 4.89. The van der Waals surface area contributed by atoms with Gasteiger partial charge in [-0.2, -0.15) is 0 Å². The molecule has 2 heterocycles. The first-order valence-electron chi connectivity index (χ1n) is 6.20. The van der Waals surface area contributed by atoms with E-state index in [4.69, 9.17) is 0 Å². The number of hydrogen-bond acceptors (Lipinski definition) is 1. The van der Waals surface area contributed by atoms with Gasteiger partial charge in [-0.1, -0.05) is 29.3 Å². The number of fused-ring (bicyclic) bond motifs is 1. The molecule has 0 amide bonds. The first-order valence-corrected chi connectivity index (χ1v) is 6.20. The molecule has 0 aliphatic rings. The lowest BCUT2D eigenvalue weighted by molar-refractivity contribution is 1.18. The van der Waals surface area contributed by atoms with Crippen LogP contribution < -0.4 is 0 Å². The van der Waals surface area contributed by atoms with Crippen LogP contribution in [0.4, 0.5) is 0 Å². The number of aromatic nitrogens is 2. The van der Waals surface area contributed by atoms with Gasteiger partial charge in [0.1, 0.15) is 5.65 Å². The molecule has 2 aromatic heterocycles. The van der Waals surface area contributed by atoms with Crippen LogP contribution >= 0.6 is 0 Å². The first-order chi connectivity index (χ1) is 8.72. The van der Waals surface area contributed by atoms with Gasteiger partial charge >= 0.3 is 0 Å². The van der Waals surface area contributed by atoms with Crippen LogP contribution in [0.2, 0.25) is 0 Å². The molecular weight excluding hydrogens is 220 g/mol. The summed E-state index contributed by atoms with van der Waals surface area (Å²) in [5.74, 6) is 0. The van der Waals surface area contributed by atoms with E-state index in [0.29, 0.717) is 0 Å². The van der Waals surface area contributed by atoms with Crippen LogP contribution in [-0.2, 0) is 6.42 Å². The molecule has 90 valence electrons. The van der Waals surface area contributed by atoms with E-state index >= 15 is 0 Å². The fraction of sp³-hybridized carbons (Fsp3) is 0.188. The predicted molar refractivity (Wildman–Crippen MR) is 74.8 cm³/mol. The minimum absolute atomic E-state index is 0.953. The maximum atomic E-state index is 4.32. The van der Waals surface area contributed by atoms with Gasteiger partial charge < -0.3 is 4.98 Å². The van der Waals surface area contributed by atoms with Gasteiger partial charge in [-0.3, -0.25) is 0 Å². The molecule has 3 rings (SSSR count). The number of aromatic amines is 1. The number of aryl methyl sites for hydroxylation is 2. The fourth-order valence-corrected chi connectivity index (χ4v) is 2.55. The van der Waals surface area contributed by atoms with E-state index in [2.05, 4.69) is 54.3 Å². The van der Waals surface area contributed by atoms with Crippen molar-refractivity contribution >= 4 is 11.0 Å². The summed E-state index contributed by atoms with van der Waals surface area (Å²) < 4.78 is 0. The Labute approximate surface area is 107 Å². The Morgan fingerprint density at radius 3 is 2.67 bits per heavy atom. The number of nitrogens with zero attached hydrogens (tertiary/aromatic N) is 1. The lowest BCUT2D eigenvalue weighted by Gasteiger charge is -2.04. The Morgan fingerprint density at radius 1 is 1.11 bits per heavy atom. The molecule has 2 heteroatoms. The van der Waals surface area contributed by atoms with Crippen molar-refractivity contribution in [2.75, 3.05) is 0 Å². The quantitative estimate of drug-likeness (QED) is 0.721. The van der Waals surface area contributed by atoms with Gasteiger partial charge in [0.05, 0.1) is 0 Å². The van der Waals surface area contributed by atoms with Crippen LogP contribution in [0.3, 0.4) is 0 Å². The highest BCUT2D eigenvalue weighted by Crippen LogP contribution is 2.20. The Morgan fingerprint density at radius 2 is 1.89 bits per heavy atom. The minimum Gasteiger partial charge on any atom is -0.346 e. The third kappa shape index (κ3) is 2.02. The van der Waals surface area contributed by atoms with E-state index in [0.717, 1.165) is 12.1 Å². The Balaban J connectivity index is 2.01. The summed E-state index contributed by atoms with van der Waals surface area (Å²) in [6, 6.07) is 10.8. The molecule has 1 aromatic carbocycles. The molecule has 3 aromatic rings. The van der Waals surface area contributed by atoms with Gasteiger partial charge in [-0.25, -0.2) is 4.98 Å². The van der Waals surface area contributed by atoms with E-state index in [1.807, 2.05) is 12.3 Å². The van der Waals surface area contributed by atoms with Gasteiger partial charge in [0.2, 0.25) is 0 Å². The second kappa shape index (κ2) is 4.30. The van der Waals surface area contributed by atoms with Crippen molar-refractivity contribution in [1.82, 2.24) is 9.97 Å². The standard InChI is InChI=1S/C16H16N2/c1-11-6-12(2)8-13(7-11)9-14-10-18-16-15(14)4-3-5-17-16/h3-8,10H,9H2,1-2H3,(H,17,18). The van der Waals surface area contributed by atoms with Crippen LogP contribution in [0.5, 0.6) is 0 Å². The number of hydrogen-bond donors (Lipinski definition) is 1. The smallest absolute Gasteiger partial charge is 0.137 e. The maximum Gasteiger partial charge on any atom is 0.137 e. The van der Waals surface area contributed by atoms with Crippen molar-refractivity contribution in [2.45, 2.75) is 20.3 Å². The Hall–Kier alpha value is -2.09. The van der Waals surface area contributed by atoms with Gasteiger partial charge in [0, 0.05) is 17.8 Å². The fourth-order valence-electron chi connectivity index (χ4n) is 2.55. The normalized spacial score (nSPS) is 11.0. The molecular formula is C16H16N2. The highest BCUT2D eigenvalue weighted by Gasteiger charge is 2.05. The van der Waals surface area contributed by atoms with Crippen LogP contribution in [-0.4, -0.2) is 9.97 Å². The van der Waals surface area contributed by atoms with Crippen molar-refractivity contribution in [3.8, 4) is 0 Å². The van der Waals surface area contributed by atoms with Crippen molar-refractivity contribution in [1.29, 1.82) is 0 Å². The Kier molecular flexibility index (Phi) is 2.63. The average molecular weight is 236 g/mol. The van der Waals surface area contributed by atoms with Crippen molar-refractivity contribution in [3.63, 3.8) is 0 Å². The Bertz CT molecular complexity index is 675. The highest BCUT2D eigenvalue weighted by atomic mass is 14.8. The SMILES string of the molecule is Cc1cc(C)cc(Cc2c[nH]c3ncccc23)c1. The van der Waals surface area contributed by atoms with E-state index in [-0.39, 0.29) is 0 Å². The van der Waals surface area contributed by atoms with Crippen LogP contribution in [0.15, 0.2) is 42.7 Å². The topological polar surface area (TPSA) is 28.7 Å². The lowest BCUT2D eigenvalue weighted by Crippen LogP contribution is -1.89. The average Bonchev–Trinajstić information content (AvgIpc) is 2.72. The van der Waals surface area contributed by atoms with Crippen LogP contribution in [0, 0.1) is 13.8 Å². The van der Waals surface area contributed by atoms with E-state index < -0.39 is 0 Å². The molecule has 0 bridgehead atoms. The number of benzene rings is 1. The monoisotopic (exact) mass is 236 g/mol. The van der Waals surface area contributed by atoms with Crippen molar-refractivity contribution in [3.05, 3.63) is 65.0 Å². The third-order valence-corrected chi connectivity index (χ3v) is 3.21. The van der Waals surface area contributed by atoms with E-state index in [1.165, 1.54) is 27.6 Å². The number of rotatable bonds is 2. The summed E-state index contributed by atoms with van der Waals surface area (Å²) in [6.45, 7) is 4.29. The molecule has 0 aliphatic carbocycles. The van der Waals surface area contributed by atoms with Crippen molar-refractivity contribution in [2.24, 2.45) is 0 Å². The molecule has 0 saturated heterocycles. The third-order valence-electron chi connectivity index (χ3n) is 3.21. The summed E-state index contributed by atoms with van der Waals surface area (Å²) >= 11 is 0. The molecule has 18 heavy (non-hydrogen) atoms. The molecule has 0 unspecified atom stereocenters. The number of pyridine rings is 1. The molecule has 0 atom stereocenters. The van der Waals surface area contributed by atoms with Crippen molar-refractivity contribution < 1.29 is 0 Å². The summed E-state index contributed by atoms with van der Waals surface area (Å²) in [5.41, 5.74) is 6.28. The van der Waals surface area contributed by atoms with Crippen LogP contribution in [0.1, 0.15) is 22.3 Å². The van der Waals surface area contributed by atoms with Gasteiger partial charge in [0.25, 0.3) is 0 Å². The maximum absolute atomic E-state index is 4.32. The van der Waals surface area contributed by atoms with E-state index in [1.54, 1.807) is 0 Å². The minimum atomic E-state index is 0.953. The van der Waals surface area contributed by atoms with Gasteiger partial charge in [-0.05, 0) is 43.5 Å². The van der Waals surface area contributed by atoms with Crippen LogP contribution in [0.25, 0.3) is 11.0 Å². The zero-order valence-corrected chi connectivity index (χ0v) is 10.7. The van der Waals surface area contributed by atoms with Gasteiger partial charge in [0.15, 0.2) is 0 Å². The molecule has 0 spiro atoms. The van der Waals surface area contributed by atoms with E-state index in [9.17, 15) is 0 Å². The molecule has 0 aliphatic heterocycles. The zero-order valence-electron chi connectivity index (χ0n) is 10.7.